The number of benzene rings is 1. The number of piperazine rings is 1. The van der Waals surface area contributed by atoms with Gasteiger partial charge >= 0.3 is 0 Å². The number of hydrogen-bond acceptors (Lipinski definition) is 5. The Morgan fingerprint density at radius 3 is 2.64 bits per heavy atom. The highest BCUT2D eigenvalue weighted by Crippen LogP contribution is 2.10. The van der Waals surface area contributed by atoms with Gasteiger partial charge in [-0.15, -0.1) is 0 Å². The van der Waals surface area contributed by atoms with E-state index in [0.717, 1.165) is 0 Å². The predicted octanol–water partition coefficient (Wildman–Crippen LogP) is 1.01. The van der Waals surface area contributed by atoms with Gasteiger partial charge < -0.3 is 10.2 Å². The summed E-state index contributed by atoms with van der Waals surface area (Å²) in [6.07, 6.45) is 4.45. The molecule has 1 aliphatic heterocycles. The normalized spacial score (nSPS) is 15.0. The summed E-state index contributed by atoms with van der Waals surface area (Å²) < 4.78 is 13.1. The van der Waals surface area contributed by atoms with Gasteiger partial charge in [0.25, 0.3) is 5.91 Å². The van der Waals surface area contributed by atoms with Crippen LogP contribution in [0.2, 0.25) is 0 Å². The lowest BCUT2D eigenvalue weighted by molar-refractivity contribution is -0.117. The third-order valence-electron chi connectivity index (χ3n) is 3.92. The number of nitrogens with one attached hydrogen (secondary N) is 1. The van der Waals surface area contributed by atoms with Crippen molar-refractivity contribution < 1.29 is 14.0 Å². The van der Waals surface area contributed by atoms with E-state index in [1.165, 1.54) is 30.7 Å². The summed E-state index contributed by atoms with van der Waals surface area (Å²) in [5.74, 6) is -0.759. The molecule has 2 amide bonds. The quantitative estimate of drug-likeness (QED) is 0.896. The van der Waals surface area contributed by atoms with Gasteiger partial charge in [-0.05, 0) is 18.2 Å². The van der Waals surface area contributed by atoms with E-state index in [4.69, 9.17) is 0 Å². The van der Waals surface area contributed by atoms with Crippen molar-refractivity contribution in [3.8, 4) is 0 Å². The van der Waals surface area contributed by atoms with Crippen molar-refractivity contribution in [1.82, 2.24) is 19.8 Å². The van der Waals surface area contributed by atoms with Gasteiger partial charge in [-0.2, -0.15) is 0 Å². The molecule has 130 valence electrons. The smallest absolute Gasteiger partial charge is 0.274 e. The van der Waals surface area contributed by atoms with E-state index in [1.54, 1.807) is 17.0 Å². The molecule has 2 aromatic rings. The number of rotatable bonds is 4. The zero-order chi connectivity index (χ0) is 17.6. The van der Waals surface area contributed by atoms with Crippen LogP contribution in [0.4, 0.5) is 10.1 Å². The van der Waals surface area contributed by atoms with E-state index in [9.17, 15) is 14.0 Å². The first-order valence-electron chi connectivity index (χ1n) is 7.95. The van der Waals surface area contributed by atoms with Crippen molar-refractivity contribution in [2.24, 2.45) is 0 Å². The minimum Gasteiger partial charge on any atom is -0.335 e. The summed E-state index contributed by atoms with van der Waals surface area (Å²) >= 11 is 0. The molecule has 1 N–H and O–H groups in total. The zero-order valence-corrected chi connectivity index (χ0v) is 13.6. The Kier molecular flexibility index (Phi) is 5.30. The molecule has 0 unspecified atom stereocenters. The van der Waals surface area contributed by atoms with E-state index in [0.29, 0.717) is 37.6 Å². The molecule has 1 aromatic heterocycles. The van der Waals surface area contributed by atoms with E-state index < -0.39 is 5.82 Å². The number of amides is 2. The first kappa shape index (κ1) is 17.0. The van der Waals surface area contributed by atoms with E-state index in [1.807, 2.05) is 4.90 Å². The number of nitrogens with zero attached hydrogens (tertiary/aromatic N) is 4. The summed E-state index contributed by atoms with van der Waals surface area (Å²) in [5.41, 5.74) is 0.751. The molecule has 2 heterocycles. The molecular formula is C17H18FN5O2. The number of carbonyl (C=O) groups excluding carboxylic acids is 2. The van der Waals surface area contributed by atoms with Crippen LogP contribution in [0, 0.1) is 5.82 Å². The van der Waals surface area contributed by atoms with Crippen molar-refractivity contribution in [1.29, 1.82) is 0 Å². The molecule has 0 radical (unpaired) electrons. The topological polar surface area (TPSA) is 78.4 Å². The Morgan fingerprint density at radius 1 is 1.16 bits per heavy atom. The van der Waals surface area contributed by atoms with Crippen LogP contribution in [0.3, 0.4) is 0 Å². The first-order valence-corrected chi connectivity index (χ1v) is 7.95. The number of carbonyl (C=O) groups is 2. The minimum atomic E-state index is -0.395. The second kappa shape index (κ2) is 7.80. The SMILES string of the molecule is O=C(CN1CCN(C(=O)c2cnccn2)CC1)Nc1cccc(F)c1. The maximum absolute atomic E-state index is 13.1. The summed E-state index contributed by atoms with van der Waals surface area (Å²) in [6.45, 7) is 2.40. The lowest BCUT2D eigenvalue weighted by Crippen LogP contribution is -2.50. The van der Waals surface area contributed by atoms with Crippen molar-refractivity contribution >= 4 is 17.5 Å². The summed E-state index contributed by atoms with van der Waals surface area (Å²) in [5, 5.41) is 2.67. The molecule has 3 rings (SSSR count). The van der Waals surface area contributed by atoms with Gasteiger partial charge in [0.05, 0.1) is 12.7 Å². The number of anilines is 1. The lowest BCUT2D eigenvalue weighted by atomic mass is 10.2. The van der Waals surface area contributed by atoms with Crippen LogP contribution in [0.15, 0.2) is 42.9 Å². The van der Waals surface area contributed by atoms with Gasteiger partial charge in [0.2, 0.25) is 5.91 Å². The van der Waals surface area contributed by atoms with E-state index in [-0.39, 0.29) is 18.4 Å². The molecule has 8 heteroatoms. The fraction of sp³-hybridized carbons (Fsp3) is 0.294. The maximum Gasteiger partial charge on any atom is 0.274 e. The molecule has 0 atom stereocenters. The molecule has 7 nitrogen and oxygen atoms in total. The van der Waals surface area contributed by atoms with Gasteiger partial charge in [0.15, 0.2) is 0 Å². The Labute approximate surface area is 144 Å². The van der Waals surface area contributed by atoms with Crippen molar-refractivity contribution in [3.05, 3.63) is 54.4 Å². The van der Waals surface area contributed by atoms with Crippen molar-refractivity contribution in [2.45, 2.75) is 0 Å². The molecule has 1 saturated heterocycles. The standard InChI is InChI=1S/C17H18FN5O2/c18-13-2-1-3-14(10-13)21-16(24)12-22-6-8-23(9-7-22)17(25)15-11-19-4-5-20-15/h1-5,10-11H,6-9,12H2,(H,21,24). The average Bonchev–Trinajstić information content (AvgIpc) is 2.62. The van der Waals surface area contributed by atoms with Crippen LogP contribution in [0.5, 0.6) is 0 Å². The van der Waals surface area contributed by atoms with Crippen LogP contribution in [-0.4, -0.2) is 64.3 Å². The second-order valence-corrected chi connectivity index (χ2v) is 5.72. The van der Waals surface area contributed by atoms with Crippen LogP contribution in [-0.2, 0) is 4.79 Å². The largest absolute Gasteiger partial charge is 0.335 e. The molecular weight excluding hydrogens is 325 g/mol. The minimum absolute atomic E-state index is 0.156. The average molecular weight is 343 g/mol. The molecule has 1 aliphatic rings. The first-order chi connectivity index (χ1) is 12.1. The fourth-order valence-electron chi connectivity index (χ4n) is 2.65. The highest BCUT2D eigenvalue weighted by atomic mass is 19.1. The van der Waals surface area contributed by atoms with E-state index in [2.05, 4.69) is 15.3 Å². The molecule has 25 heavy (non-hydrogen) atoms. The highest BCUT2D eigenvalue weighted by molar-refractivity contribution is 5.93. The van der Waals surface area contributed by atoms with Crippen LogP contribution >= 0.6 is 0 Å². The third-order valence-corrected chi connectivity index (χ3v) is 3.92. The Morgan fingerprint density at radius 2 is 1.96 bits per heavy atom. The predicted molar refractivity (Wildman–Crippen MR) is 89.4 cm³/mol. The second-order valence-electron chi connectivity index (χ2n) is 5.72. The van der Waals surface area contributed by atoms with Gasteiger partial charge in [-0.1, -0.05) is 6.07 Å². The maximum atomic E-state index is 13.1. The van der Waals surface area contributed by atoms with Gasteiger partial charge in [0, 0.05) is 44.3 Å². The van der Waals surface area contributed by atoms with Gasteiger partial charge in [-0.25, -0.2) is 9.37 Å². The molecule has 1 fully saturated rings. The fourth-order valence-corrected chi connectivity index (χ4v) is 2.65. The highest BCUT2D eigenvalue weighted by Gasteiger charge is 2.24. The summed E-state index contributed by atoms with van der Waals surface area (Å²) in [7, 11) is 0. The van der Waals surface area contributed by atoms with Crippen LogP contribution < -0.4 is 5.32 Å². The number of halogens is 1. The summed E-state index contributed by atoms with van der Waals surface area (Å²) in [4.78, 5) is 35.9. The van der Waals surface area contributed by atoms with Gasteiger partial charge in [-0.3, -0.25) is 19.5 Å². The molecule has 0 saturated carbocycles. The molecule has 0 bridgehead atoms. The van der Waals surface area contributed by atoms with Crippen LogP contribution in [0.25, 0.3) is 0 Å². The molecule has 1 aromatic carbocycles. The Balaban J connectivity index is 1.47. The lowest BCUT2D eigenvalue weighted by Gasteiger charge is -2.34. The molecule has 0 spiro atoms. The Bertz CT molecular complexity index is 748. The van der Waals surface area contributed by atoms with E-state index >= 15 is 0 Å². The number of hydrogen-bond donors (Lipinski definition) is 1. The molecule has 0 aliphatic carbocycles. The Hall–Kier alpha value is -2.87. The van der Waals surface area contributed by atoms with Crippen LogP contribution in [0.1, 0.15) is 10.5 Å². The number of aromatic nitrogens is 2. The van der Waals surface area contributed by atoms with Gasteiger partial charge in [0.1, 0.15) is 11.5 Å². The van der Waals surface area contributed by atoms with Crippen molar-refractivity contribution in [3.63, 3.8) is 0 Å². The van der Waals surface area contributed by atoms with Crippen molar-refractivity contribution in [2.75, 3.05) is 38.0 Å². The monoisotopic (exact) mass is 343 g/mol. The zero-order valence-electron chi connectivity index (χ0n) is 13.6. The summed E-state index contributed by atoms with van der Waals surface area (Å²) in [6, 6.07) is 5.78. The third kappa shape index (κ3) is 4.57.